The standard InChI is InChI=1S/C23H31BrO5/c1-13(25)28-11-19(27)18-4-3-16-15-9-20-23(24)10-14(26)5-8-22(23,12-29-20)17(15)6-7-21(16,18)2/h15-18,20H,3-12H2,1-2H3/t15-,16-,17-,18+,20-,21-,22-,23-/m0/s1. The van der Waals surface area contributed by atoms with Gasteiger partial charge in [-0.05, 0) is 61.7 Å². The molecule has 0 aromatic carbocycles. The van der Waals surface area contributed by atoms with Crippen LogP contribution < -0.4 is 0 Å². The molecule has 5 nitrogen and oxygen atoms in total. The molecule has 6 heteroatoms. The molecule has 8 atom stereocenters. The predicted octanol–water partition coefficient (Wildman–Crippen LogP) is 3.85. The van der Waals surface area contributed by atoms with Crippen molar-refractivity contribution in [2.75, 3.05) is 13.2 Å². The Morgan fingerprint density at radius 2 is 2.00 bits per heavy atom. The molecule has 0 aromatic heterocycles. The van der Waals surface area contributed by atoms with E-state index in [9.17, 15) is 14.4 Å². The second kappa shape index (κ2) is 6.62. The van der Waals surface area contributed by atoms with Crippen molar-refractivity contribution in [1.29, 1.82) is 0 Å². The van der Waals surface area contributed by atoms with Crippen molar-refractivity contribution in [2.24, 2.45) is 34.5 Å². The molecule has 1 aliphatic heterocycles. The number of carbonyl (C=O) groups excluding carboxylic acids is 3. The fourth-order valence-electron chi connectivity index (χ4n) is 8.34. The Hall–Kier alpha value is -0.750. The lowest BCUT2D eigenvalue weighted by Crippen LogP contribution is -2.63. The predicted molar refractivity (Wildman–Crippen MR) is 109 cm³/mol. The van der Waals surface area contributed by atoms with Gasteiger partial charge in [0.15, 0.2) is 5.78 Å². The summed E-state index contributed by atoms with van der Waals surface area (Å²) in [4.78, 5) is 36.3. The van der Waals surface area contributed by atoms with Crippen molar-refractivity contribution < 1.29 is 23.9 Å². The van der Waals surface area contributed by atoms with E-state index in [1.807, 2.05) is 0 Å². The second-order valence-corrected chi connectivity index (χ2v) is 12.0. The summed E-state index contributed by atoms with van der Waals surface area (Å²) in [6.07, 6.45) is 7.44. The minimum absolute atomic E-state index is 0.00698. The number of fused-ring (bicyclic) bond motifs is 3. The van der Waals surface area contributed by atoms with Crippen LogP contribution in [0.4, 0.5) is 0 Å². The third kappa shape index (κ3) is 2.63. The smallest absolute Gasteiger partial charge is 0.303 e. The van der Waals surface area contributed by atoms with E-state index in [1.165, 1.54) is 6.92 Å². The highest BCUT2D eigenvalue weighted by atomic mass is 79.9. The molecular formula is C23H31BrO5. The van der Waals surface area contributed by atoms with Gasteiger partial charge >= 0.3 is 5.97 Å². The fraction of sp³-hybridized carbons (Fsp3) is 0.870. The Morgan fingerprint density at radius 3 is 2.76 bits per heavy atom. The first-order chi connectivity index (χ1) is 13.7. The monoisotopic (exact) mass is 466 g/mol. The molecule has 160 valence electrons. The molecule has 5 rings (SSSR count). The molecule has 5 fully saturated rings. The van der Waals surface area contributed by atoms with Crippen molar-refractivity contribution in [1.82, 2.24) is 0 Å². The maximum atomic E-state index is 12.9. The summed E-state index contributed by atoms with van der Waals surface area (Å²) >= 11 is 4.07. The maximum absolute atomic E-state index is 12.9. The van der Waals surface area contributed by atoms with Crippen LogP contribution in [0.1, 0.15) is 65.2 Å². The van der Waals surface area contributed by atoms with Crippen molar-refractivity contribution in [2.45, 2.75) is 75.6 Å². The molecule has 0 spiro atoms. The molecule has 4 aliphatic carbocycles. The highest BCUT2D eigenvalue weighted by Gasteiger charge is 2.72. The van der Waals surface area contributed by atoms with Gasteiger partial charge in [-0.3, -0.25) is 14.4 Å². The molecule has 0 aromatic rings. The number of rotatable bonds is 3. The van der Waals surface area contributed by atoms with E-state index in [0.717, 1.165) is 45.1 Å². The van der Waals surface area contributed by atoms with Crippen LogP contribution in [0.25, 0.3) is 0 Å². The average Bonchev–Trinajstić information content (AvgIpc) is 3.08. The number of hydrogen-bond acceptors (Lipinski definition) is 5. The SMILES string of the molecule is CC(=O)OCC(=O)[C@H]1CC[C@H]2[C@@H]3C[C@@H]4OC[C@@]5(CCC(=O)C[C@]45Br)[C@H]3CC[C@]12C. The van der Waals surface area contributed by atoms with Gasteiger partial charge in [0.1, 0.15) is 12.4 Å². The molecule has 0 radical (unpaired) electrons. The van der Waals surface area contributed by atoms with Crippen molar-refractivity contribution in [3.63, 3.8) is 0 Å². The summed E-state index contributed by atoms with van der Waals surface area (Å²) in [5, 5.41) is 0. The van der Waals surface area contributed by atoms with Gasteiger partial charge in [-0.1, -0.05) is 22.9 Å². The lowest BCUT2D eigenvalue weighted by molar-refractivity contribution is -0.150. The van der Waals surface area contributed by atoms with Crippen molar-refractivity contribution in [3.05, 3.63) is 0 Å². The average molecular weight is 467 g/mol. The van der Waals surface area contributed by atoms with E-state index in [4.69, 9.17) is 9.47 Å². The van der Waals surface area contributed by atoms with E-state index < -0.39 is 0 Å². The van der Waals surface area contributed by atoms with Crippen LogP contribution in [0, 0.1) is 34.5 Å². The summed E-state index contributed by atoms with van der Waals surface area (Å²) in [6, 6.07) is 0. The van der Waals surface area contributed by atoms with Gasteiger partial charge in [-0.2, -0.15) is 0 Å². The van der Waals surface area contributed by atoms with E-state index in [-0.39, 0.29) is 45.5 Å². The van der Waals surface area contributed by atoms with Gasteiger partial charge in [-0.25, -0.2) is 0 Å². The molecule has 2 bridgehead atoms. The first kappa shape index (κ1) is 20.2. The highest BCUT2D eigenvalue weighted by molar-refractivity contribution is 9.10. The number of hydrogen-bond donors (Lipinski definition) is 0. The fourth-order valence-corrected chi connectivity index (χ4v) is 9.58. The van der Waals surface area contributed by atoms with E-state index >= 15 is 0 Å². The molecule has 4 saturated carbocycles. The van der Waals surface area contributed by atoms with E-state index in [1.54, 1.807) is 0 Å². The summed E-state index contributed by atoms with van der Waals surface area (Å²) in [5.74, 6) is 1.71. The number of carbonyl (C=O) groups is 3. The molecule has 5 aliphatic rings. The number of ketones is 2. The summed E-state index contributed by atoms with van der Waals surface area (Å²) < 4.78 is 11.2. The van der Waals surface area contributed by atoms with Crippen LogP contribution in [0.3, 0.4) is 0 Å². The topological polar surface area (TPSA) is 69.7 Å². The third-order valence-corrected chi connectivity index (χ3v) is 11.2. The Kier molecular flexibility index (Phi) is 4.61. The molecule has 1 saturated heterocycles. The highest BCUT2D eigenvalue weighted by Crippen LogP contribution is 2.72. The number of halogens is 1. The van der Waals surface area contributed by atoms with E-state index in [0.29, 0.717) is 36.4 Å². The number of alkyl halides is 1. The minimum Gasteiger partial charge on any atom is -0.458 e. The van der Waals surface area contributed by atoms with Gasteiger partial charge in [0.2, 0.25) is 0 Å². The quantitative estimate of drug-likeness (QED) is 0.466. The normalized spacial score (nSPS) is 50.4. The van der Waals surface area contributed by atoms with E-state index in [2.05, 4.69) is 22.9 Å². The van der Waals surface area contributed by atoms with Crippen LogP contribution in [0.5, 0.6) is 0 Å². The Labute approximate surface area is 180 Å². The minimum atomic E-state index is -0.387. The van der Waals surface area contributed by atoms with Gasteiger partial charge in [0, 0.05) is 31.1 Å². The summed E-state index contributed by atoms with van der Waals surface area (Å²) in [7, 11) is 0. The zero-order chi connectivity index (χ0) is 20.6. The lowest BCUT2D eigenvalue weighted by Gasteiger charge is -2.61. The van der Waals surface area contributed by atoms with Gasteiger partial charge < -0.3 is 9.47 Å². The van der Waals surface area contributed by atoms with Crippen LogP contribution in [0.15, 0.2) is 0 Å². The van der Waals surface area contributed by atoms with Crippen molar-refractivity contribution in [3.8, 4) is 0 Å². The molecular weight excluding hydrogens is 436 g/mol. The second-order valence-electron chi connectivity index (χ2n) is 10.6. The van der Waals surface area contributed by atoms with Crippen LogP contribution in [0.2, 0.25) is 0 Å². The zero-order valence-corrected chi connectivity index (χ0v) is 19.0. The molecule has 29 heavy (non-hydrogen) atoms. The van der Waals surface area contributed by atoms with Crippen LogP contribution >= 0.6 is 15.9 Å². The van der Waals surface area contributed by atoms with Gasteiger partial charge in [-0.15, -0.1) is 0 Å². The largest absolute Gasteiger partial charge is 0.458 e. The zero-order valence-electron chi connectivity index (χ0n) is 17.4. The third-order valence-electron chi connectivity index (χ3n) is 9.62. The van der Waals surface area contributed by atoms with Crippen molar-refractivity contribution >= 4 is 33.5 Å². The van der Waals surface area contributed by atoms with Gasteiger partial charge in [0.05, 0.1) is 17.0 Å². The first-order valence-corrected chi connectivity index (χ1v) is 12.0. The summed E-state index contributed by atoms with van der Waals surface area (Å²) in [6.45, 7) is 4.35. The summed E-state index contributed by atoms with van der Waals surface area (Å²) in [5.41, 5.74) is 0.0565. The number of ether oxygens (including phenoxy) is 2. The first-order valence-electron chi connectivity index (χ1n) is 11.2. The lowest BCUT2D eigenvalue weighted by atomic mass is 9.44. The Bertz CT molecular complexity index is 766. The molecule has 0 unspecified atom stereocenters. The number of esters is 1. The van der Waals surface area contributed by atoms with Crippen LogP contribution in [-0.4, -0.2) is 41.2 Å². The Morgan fingerprint density at radius 1 is 1.21 bits per heavy atom. The Balaban J connectivity index is 1.42. The molecule has 0 N–H and O–H groups in total. The molecule has 0 amide bonds. The van der Waals surface area contributed by atoms with Crippen LogP contribution in [-0.2, 0) is 23.9 Å². The van der Waals surface area contributed by atoms with Gasteiger partial charge in [0.25, 0.3) is 0 Å². The number of Topliss-reactive ketones (excluding diaryl/α,β-unsaturated/α-hetero) is 2. The maximum Gasteiger partial charge on any atom is 0.303 e. The molecule has 1 heterocycles.